The normalized spacial score (nSPS) is 11.1. The van der Waals surface area contributed by atoms with Gasteiger partial charge in [0.15, 0.2) is 5.76 Å². The van der Waals surface area contributed by atoms with E-state index in [9.17, 15) is 0 Å². The van der Waals surface area contributed by atoms with Gasteiger partial charge >= 0.3 is 0 Å². The van der Waals surface area contributed by atoms with E-state index in [2.05, 4.69) is 39.1 Å². The van der Waals surface area contributed by atoms with Crippen LogP contribution in [0.4, 0.5) is 0 Å². The zero-order valence-electron chi connectivity index (χ0n) is 13.4. The Morgan fingerprint density at radius 1 is 1.13 bits per heavy atom. The van der Waals surface area contributed by atoms with Crippen LogP contribution in [0.1, 0.15) is 23.9 Å². The third kappa shape index (κ3) is 4.02. The molecule has 0 N–H and O–H groups in total. The summed E-state index contributed by atoms with van der Waals surface area (Å²) in [5.41, 5.74) is 4.08. The fourth-order valence-electron chi connectivity index (χ4n) is 2.39. The van der Waals surface area contributed by atoms with Crippen LogP contribution in [0.3, 0.4) is 0 Å². The van der Waals surface area contributed by atoms with Gasteiger partial charge in [-0.25, -0.2) is 0 Å². The molecular formula is C18H20N4O. The minimum atomic E-state index is 0.685. The van der Waals surface area contributed by atoms with E-state index in [0.717, 1.165) is 35.7 Å². The second kappa shape index (κ2) is 7.15. The summed E-state index contributed by atoms with van der Waals surface area (Å²) in [6, 6.07) is 10.0. The Hall–Kier alpha value is -2.53. The summed E-state index contributed by atoms with van der Waals surface area (Å²) < 4.78 is 5.42. The fraction of sp³-hybridized carbons (Fsp3) is 0.278. The maximum atomic E-state index is 5.42. The van der Waals surface area contributed by atoms with Crippen molar-refractivity contribution < 1.29 is 4.52 Å². The Morgan fingerprint density at radius 2 is 2.04 bits per heavy atom. The van der Waals surface area contributed by atoms with Crippen molar-refractivity contribution in [3.8, 4) is 11.3 Å². The maximum absolute atomic E-state index is 5.42. The molecule has 3 aromatic heterocycles. The first-order valence-corrected chi connectivity index (χ1v) is 7.73. The van der Waals surface area contributed by atoms with Gasteiger partial charge in [0.25, 0.3) is 0 Å². The fourth-order valence-corrected chi connectivity index (χ4v) is 2.39. The van der Waals surface area contributed by atoms with Gasteiger partial charge in [0, 0.05) is 36.8 Å². The highest BCUT2D eigenvalue weighted by Gasteiger charge is 2.10. The van der Waals surface area contributed by atoms with Crippen LogP contribution >= 0.6 is 0 Å². The standard InChI is InChI=1S/C18H20N4O/c1-3-14-6-7-16(20-10-14)12-22(2)13-17-9-18(21-23-17)15-5-4-8-19-11-15/h4-11H,3,12-13H2,1-2H3. The summed E-state index contributed by atoms with van der Waals surface area (Å²) in [5, 5.41) is 4.11. The van der Waals surface area contributed by atoms with Crippen LogP contribution in [0.25, 0.3) is 11.3 Å². The molecular weight excluding hydrogens is 288 g/mol. The van der Waals surface area contributed by atoms with E-state index in [4.69, 9.17) is 4.52 Å². The zero-order valence-corrected chi connectivity index (χ0v) is 13.4. The van der Waals surface area contributed by atoms with Gasteiger partial charge in [-0.1, -0.05) is 18.1 Å². The molecule has 0 atom stereocenters. The van der Waals surface area contributed by atoms with Crippen LogP contribution < -0.4 is 0 Å². The van der Waals surface area contributed by atoms with Crippen molar-refractivity contribution in [3.63, 3.8) is 0 Å². The zero-order chi connectivity index (χ0) is 16.1. The molecule has 3 rings (SSSR count). The Bertz CT molecular complexity index is 737. The highest BCUT2D eigenvalue weighted by molar-refractivity contribution is 5.57. The van der Waals surface area contributed by atoms with Gasteiger partial charge in [-0.15, -0.1) is 0 Å². The molecule has 23 heavy (non-hydrogen) atoms. The second-order valence-corrected chi connectivity index (χ2v) is 5.60. The molecule has 0 unspecified atom stereocenters. The summed E-state index contributed by atoms with van der Waals surface area (Å²) >= 11 is 0. The number of aryl methyl sites for hydroxylation is 1. The van der Waals surface area contributed by atoms with Crippen LogP contribution in [0, 0.1) is 0 Å². The van der Waals surface area contributed by atoms with Crippen molar-refractivity contribution in [1.29, 1.82) is 0 Å². The molecule has 0 aromatic carbocycles. The molecule has 0 bridgehead atoms. The predicted molar refractivity (Wildman–Crippen MR) is 88.5 cm³/mol. The number of hydrogen-bond donors (Lipinski definition) is 0. The Labute approximate surface area is 136 Å². The van der Waals surface area contributed by atoms with Crippen LogP contribution in [0.5, 0.6) is 0 Å². The first-order valence-electron chi connectivity index (χ1n) is 7.73. The van der Waals surface area contributed by atoms with Gasteiger partial charge in [0.2, 0.25) is 0 Å². The van der Waals surface area contributed by atoms with Crippen LogP contribution in [-0.4, -0.2) is 27.1 Å². The van der Waals surface area contributed by atoms with Gasteiger partial charge in [0.05, 0.1) is 12.2 Å². The Balaban J connectivity index is 1.61. The van der Waals surface area contributed by atoms with E-state index in [0.29, 0.717) is 6.54 Å². The number of pyridine rings is 2. The lowest BCUT2D eigenvalue weighted by atomic mass is 10.2. The smallest absolute Gasteiger partial charge is 0.151 e. The second-order valence-electron chi connectivity index (χ2n) is 5.60. The molecule has 0 aliphatic carbocycles. The minimum Gasteiger partial charge on any atom is -0.359 e. The van der Waals surface area contributed by atoms with E-state index < -0.39 is 0 Å². The molecule has 3 heterocycles. The molecule has 118 valence electrons. The first-order chi connectivity index (χ1) is 11.2. The molecule has 0 aliphatic rings. The molecule has 0 saturated carbocycles. The van der Waals surface area contributed by atoms with Gasteiger partial charge in [-0.3, -0.25) is 14.9 Å². The topological polar surface area (TPSA) is 55.1 Å². The van der Waals surface area contributed by atoms with E-state index in [1.165, 1.54) is 5.56 Å². The number of nitrogens with zero attached hydrogens (tertiary/aromatic N) is 4. The monoisotopic (exact) mass is 308 g/mol. The lowest BCUT2D eigenvalue weighted by Gasteiger charge is -2.14. The molecule has 0 spiro atoms. The first kappa shape index (κ1) is 15.4. The molecule has 0 saturated heterocycles. The van der Waals surface area contributed by atoms with E-state index in [1.54, 1.807) is 12.4 Å². The highest BCUT2D eigenvalue weighted by Crippen LogP contribution is 2.18. The molecule has 5 nitrogen and oxygen atoms in total. The third-order valence-corrected chi connectivity index (χ3v) is 3.67. The number of aromatic nitrogens is 3. The average molecular weight is 308 g/mol. The predicted octanol–water partition coefficient (Wildman–Crippen LogP) is 3.33. The van der Waals surface area contributed by atoms with Gasteiger partial charge in [-0.2, -0.15) is 0 Å². The Kier molecular flexibility index (Phi) is 4.78. The van der Waals surface area contributed by atoms with Gasteiger partial charge < -0.3 is 4.52 Å². The van der Waals surface area contributed by atoms with Crippen molar-refractivity contribution in [2.75, 3.05) is 7.05 Å². The molecule has 0 radical (unpaired) electrons. The van der Waals surface area contributed by atoms with Crippen molar-refractivity contribution in [2.45, 2.75) is 26.4 Å². The SMILES string of the molecule is CCc1ccc(CN(C)Cc2cc(-c3cccnc3)no2)nc1. The lowest BCUT2D eigenvalue weighted by Crippen LogP contribution is -2.17. The quantitative estimate of drug-likeness (QED) is 0.699. The summed E-state index contributed by atoms with van der Waals surface area (Å²) in [6.07, 6.45) is 6.48. The van der Waals surface area contributed by atoms with E-state index in [1.807, 2.05) is 31.4 Å². The van der Waals surface area contributed by atoms with Gasteiger partial charge in [0.1, 0.15) is 5.69 Å². The number of hydrogen-bond acceptors (Lipinski definition) is 5. The molecule has 0 amide bonds. The molecule has 0 fully saturated rings. The van der Waals surface area contributed by atoms with Crippen molar-refractivity contribution in [2.24, 2.45) is 0 Å². The highest BCUT2D eigenvalue weighted by atomic mass is 16.5. The van der Waals surface area contributed by atoms with Crippen molar-refractivity contribution in [3.05, 3.63) is 65.9 Å². The third-order valence-electron chi connectivity index (χ3n) is 3.67. The average Bonchev–Trinajstić information content (AvgIpc) is 3.04. The largest absolute Gasteiger partial charge is 0.359 e. The van der Waals surface area contributed by atoms with Gasteiger partial charge in [-0.05, 0) is 37.2 Å². The Morgan fingerprint density at radius 3 is 2.74 bits per heavy atom. The summed E-state index contributed by atoms with van der Waals surface area (Å²) in [7, 11) is 2.04. The minimum absolute atomic E-state index is 0.685. The maximum Gasteiger partial charge on any atom is 0.151 e. The van der Waals surface area contributed by atoms with E-state index >= 15 is 0 Å². The summed E-state index contributed by atoms with van der Waals surface area (Å²) in [5.74, 6) is 0.830. The summed E-state index contributed by atoms with van der Waals surface area (Å²) in [6.45, 7) is 3.59. The molecule has 0 aliphatic heterocycles. The summed E-state index contributed by atoms with van der Waals surface area (Å²) in [4.78, 5) is 10.7. The molecule has 5 heteroatoms. The van der Waals surface area contributed by atoms with Crippen LogP contribution in [0.15, 0.2) is 53.4 Å². The van der Waals surface area contributed by atoms with Crippen molar-refractivity contribution >= 4 is 0 Å². The number of rotatable bonds is 6. The van der Waals surface area contributed by atoms with Crippen LogP contribution in [-0.2, 0) is 19.5 Å². The molecule has 3 aromatic rings. The lowest BCUT2D eigenvalue weighted by molar-refractivity contribution is 0.264. The van der Waals surface area contributed by atoms with Crippen LogP contribution in [0.2, 0.25) is 0 Å². The van der Waals surface area contributed by atoms with Crippen molar-refractivity contribution in [1.82, 2.24) is 20.0 Å². The van der Waals surface area contributed by atoms with E-state index in [-0.39, 0.29) is 0 Å².